The van der Waals surface area contributed by atoms with Crippen LogP contribution in [0, 0.1) is 0 Å². The molecule has 3 aromatic rings. The number of thiazole rings is 1. The number of amides is 1. The molecule has 0 fully saturated rings. The molecule has 0 radical (unpaired) electrons. The van der Waals surface area contributed by atoms with Crippen LogP contribution in [0.4, 0.5) is 5.13 Å². The van der Waals surface area contributed by atoms with Gasteiger partial charge in [0.05, 0.1) is 10.2 Å². The quantitative estimate of drug-likeness (QED) is 0.688. The lowest BCUT2D eigenvalue weighted by Crippen LogP contribution is -2.34. The molecule has 0 aliphatic carbocycles. The number of carbonyl (C=O) groups excluding carboxylic acids is 1. The number of carbonyl (C=O) groups is 1. The largest absolute Gasteiger partial charge is 0.484 e. The van der Waals surface area contributed by atoms with E-state index in [9.17, 15) is 4.79 Å². The molecule has 4 nitrogen and oxygen atoms in total. The Kier molecular flexibility index (Phi) is 4.79. The van der Waals surface area contributed by atoms with Gasteiger partial charge in [-0.3, -0.25) is 9.69 Å². The molecule has 6 heteroatoms. The second-order valence-corrected chi connectivity index (χ2v) is 6.29. The van der Waals surface area contributed by atoms with E-state index in [2.05, 4.69) is 4.98 Å². The van der Waals surface area contributed by atoms with Gasteiger partial charge < -0.3 is 4.74 Å². The first kappa shape index (κ1) is 15.8. The van der Waals surface area contributed by atoms with Crippen LogP contribution in [0.3, 0.4) is 0 Å². The summed E-state index contributed by atoms with van der Waals surface area (Å²) in [6, 6.07) is 14.8. The van der Waals surface area contributed by atoms with Gasteiger partial charge in [0.2, 0.25) is 0 Å². The normalized spacial score (nSPS) is 10.7. The van der Waals surface area contributed by atoms with Crippen LogP contribution in [0.25, 0.3) is 10.2 Å². The van der Waals surface area contributed by atoms with Crippen molar-refractivity contribution < 1.29 is 9.53 Å². The molecule has 23 heavy (non-hydrogen) atoms. The molecule has 1 aromatic heterocycles. The number of benzene rings is 2. The Bertz CT molecular complexity index is 820. The zero-order chi connectivity index (χ0) is 16.2. The Hall–Kier alpha value is -2.11. The highest BCUT2D eigenvalue weighted by Gasteiger charge is 2.18. The van der Waals surface area contributed by atoms with E-state index >= 15 is 0 Å². The van der Waals surface area contributed by atoms with Crippen molar-refractivity contribution in [2.45, 2.75) is 6.92 Å². The van der Waals surface area contributed by atoms with E-state index in [4.69, 9.17) is 16.3 Å². The molecule has 0 saturated carbocycles. The predicted molar refractivity (Wildman–Crippen MR) is 94.6 cm³/mol. The number of likely N-dealkylation sites (N-methyl/N-ethyl adjacent to an activating group) is 1. The SMILES string of the molecule is CCN(C(=O)COc1ccccc1)c1nc2cc(Cl)ccc2s1. The van der Waals surface area contributed by atoms with E-state index in [-0.39, 0.29) is 12.5 Å². The van der Waals surface area contributed by atoms with E-state index in [0.29, 0.717) is 22.4 Å². The molecule has 0 N–H and O–H groups in total. The molecule has 3 rings (SSSR count). The first-order chi connectivity index (χ1) is 11.2. The summed E-state index contributed by atoms with van der Waals surface area (Å²) < 4.78 is 6.53. The highest BCUT2D eigenvalue weighted by atomic mass is 35.5. The van der Waals surface area contributed by atoms with E-state index in [1.807, 2.05) is 49.4 Å². The van der Waals surface area contributed by atoms with Crippen molar-refractivity contribution in [3.63, 3.8) is 0 Å². The van der Waals surface area contributed by atoms with Gasteiger partial charge in [-0.15, -0.1) is 0 Å². The lowest BCUT2D eigenvalue weighted by atomic mass is 10.3. The Labute approximate surface area is 143 Å². The number of rotatable bonds is 5. The maximum Gasteiger partial charge on any atom is 0.266 e. The predicted octanol–water partition coefficient (Wildman–Crippen LogP) is 4.38. The van der Waals surface area contributed by atoms with Crippen molar-refractivity contribution in [3.05, 3.63) is 53.6 Å². The van der Waals surface area contributed by atoms with E-state index in [1.165, 1.54) is 11.3 Å². The standard InChI is InChI=1S/C17H15ClN2O2S/c1-2-20(16(21)11-22-13-6-4-3-5-7-13)17-19-14-10-12(18)8-9-15(14)23-17/h3-10H,2,11H2,1H3. The zero-order valence-corrected chi connectivity index (χ0v) is 14.1. The molecule has 0 atom stereocenters. The summed E-state index contributed by atoms with van der Waals surface area (Å²) in [7, 11) is 0. The van der Waals surface area contributed by atoms with Gasteiger partial charge in [-0.25, -0.2) is 4.98 Å². The monoisotopic (exact) mass is 346 g/mol. The van der Waals surface area contributed by atoms with Gasteiger partial charge in [0, 0.05) is 11.6 Å². The number of ether oxygens (including phenoxy) is 1. The Morgan fingerprint density at radius 1 is 1.26 bits per heavy atom. The number of anilines is 1. The van der Waals surface area contributed by atoms with E-state index in [1.54, 1.807) is 11.0 Å². The average Bonchev–Trinajstić information content (AvgIpc) is 2.97. The minimum Gasteiger partial charge on any atom is -0.484 e. The minimum absolute atomic E-state index is 0.0193. The van der Waals surface area contributed by atoms with Crippen LogP contribution in [0.15, 0.2) is 48.5 Å². The fraction of sp³-hybridized carbons (Fsp3) is 0.176. The molecular formula is C17H15ClN2O2S. The summed E-state index contributed by atoms with van der Waals surface area (Å²) >= 11 is 7.45. The number of hydrogen-bond acceptors (Lipinski definition) is 4. The molecule has 0 aliphatic rings. The smallest absolute Gasteiger partial charge is 0.266 e. The van der Waals surface area contributed by atoms with Crippen molar-refractivity contribution in [2.75, 3.05) is 18.1 Å². The summed E-state index contributed by atoms with van der Waals surface area (Å²) in [5.41, 5.74) is 0.799. The number of para-hydroxylation sites is 1. The summed E-state index contributed by atoms with van der Waals surface area (Å²) in [6.45, 7) is 2.43. The summed E-state index contributed by atoms with van der Waals surface area (Å²) in [4.78, 5) is 18.6. The van der Waals surface area contributed by atoms with Crippen LogP contribution >= 0.6 is 22.9 Å². The van der Waals surface area contributed by atoms with Crippen LogP contribution in [0.2, 0.25) is 5.02 Å². The molecule has 0 aliphatic heterocycles. The lowest BCUT2D eigenvalue weighted by Gasteiger charge is -2.17. The number of nitrogens with zero attached hydrogens (tertiary/aromatic N) is 2. The molecular weight excluding hydrogens is 332 g/mol. The third-order valence-electron chi connectivity index (χ3n) is 3.29. The highest BCUT2D eigenvalue weighted by Crippen LogP contribution is 2.30. The maximum absolute atomic E-state index is 12.4. The Morgan fingerprint density at radius 3 is 2.78 bits per heavy atom. The van der Waals surface area contributed by atoms with Gasteiger partial charge in [0.25, 0.3) is 5.91 Å². The van der Waals surface area contributed by atoms with Crippen molar-refractivity contribution in [1.82, 2.24) is 4.98 Å². The Morgan fingerprint density at radius 2 is 2.04 bits per heavy atom. The van der Waals surface area contributed by atoms with Crippen LogP contribution in [-0.2, 0) is 4.79 Å². The topological polar surface area (TPSA) is 42.4 Å². The molecule has 0 spiro atoms. The van der Waals surface area contributed by atoms with Crippen LogP contribution in [0.5, 0.6) is 5.75 Å². The first-order valence-corrected chi connectivity index (χ1v) is 8.41. The average molecular weight is 347 g/mol. The third-order valence-corrected chi connectivity index (χ3v) is 4.59. The second-order valence-electron chi connectivity index (χ2n) is 4.85. The number of halogens is 1. The minimum atomic E-state index is -0.124. The van der Waals surface area contributed by atoms with E-state index < -0.39 is 0 Å². The van der Waals surface area contributed by atoms with Crippen molar-refractivity contribution in [1.29, 1.82) is 0 Å². The maximum atomic E-state index is 12.4. The fourth-order valence-electron chi connectivity index (χ4n) is 2.16. The molecule has 118 valence electrons. The van der Waals surface area contributed by atoms with Crippen LogP contribution < -0.4 is 9.64 Å². The fourth-order valence-corrected chi connectivity index (χ4v) is 3.36. The highest BCUT2D eigenvalue weighted by molar-refractivity contribution is 7.22. The molecule has 2 aromatic carbocycles. The van der Waals surface area contributed by atoms with Gasteiger partial charge in [0.15, 0.2) is 11.7 Å². The Balaban J connectivity index is 1.76. The summed E-state index contributed by atoms with van der Waals surface area (Å²) in [6.07, 6.45) is 0. The molecule has 0 saturated heterocycles. The zero-order valence-electron chi connectivity index (χ0n) is 12.5. The molecule has 1 amide bonds. The van der Waals surface area contributed by atoms with Gasteiger partial charge >= 0.3 is 0 Å². The summed E-state index contributed by atoms with van der Waals surface area (Å²) in [5, 5.41) is 1.29. The van der Waals surface area contributed by atoms with Gasteiger partial charge in [-0.05, 0) is 37.3 Å². The van der Waals surface area contributed by atoms with Crippen LogP contribution in [0.1, 0.15) is 6.92 Å². The molecule has 1 heterocycles. The van der Waals surface area contributed by atoms with Gasteiger partial charge in [0.1, 0.15) is 5.75 Å². The van der Waals surface area contributed by atoms with Crippen molar-refractivity contribution >= 4 is 44.2 Å². The number of hydrogen-bond donors (Lipinski definition) is 0. The van der Waals surface area contributed by atoms with Crippen molar-refractivity contribution in [2.24, 2.45) is 0 Å². The van der Waals surface area contributed by atoms with Crippen molar-refractivity contribution in [3.8, 4) is 5.75 Å². The van der Waals surface area contributed by atoms with Gasteiger partial charge in [-0.2, -0.15) is 0 Å². The van der Waals surface area contributed by atoms with Crippen LogP contribution in [-0.4, -0.2) is 24.0 Å². The summed E-state index contributed by atoms with van der Waals surface area (Å²) in [5.74, 6) is 0.550. The molecule has 0 unspecified atom stereocenters. The lowest BCUT2D eigenvalue weighted by molar-refractivity contribution is -0.120. The third kappa shape index (κ3) is 3.63. The first-order valence-electron chi connectivity index (χ1n) is 7.21. The van der Waals surface area contributed by atoms with E-state index in [0.717, 1.165) is 10.2 Å². The second kappa shape index (κ2) is 6.98. The molecule has 0 bridgehead atoms. The number of fused-ring (bicyclic) bond motifs is 1. The number of aromatic nitrogens is 1. The van der Waals surface area contributed by atoms with Gasteiger partial charge in [-0.1, -0.05) is 41.1 Å².